The molecule has 0 spiro atoms. The molecule has 0 aliphatic rings. The van der Waals surface area contributed by atoms with Crippen molar-refractivity contribution < 1.29 is 0 Å². The number of thiocarbonyl (C=S) groups is 1. The van der Waals surface area contributed by atoms with Crippen molar-refractivity contribution in [2.45, 2.75) is 26.2 Å². The molecule has 0 aliphatic heterocycles. The van der Waals surface area contributed by atoms with Crippen LogP contribution < -0.4 is 10.6 Å². The van der Waals surface area contributed by atoms with E-state index < -0.39 is 0 Å². The summed E-state index contributed by atoms with van der Waals surface area (Å²) in [6.07, 6.45) is 0.975. The molecule has 0 heterocycles. The quantitative estimate of drug-likeness (QED) is 0.532. The van der Waals surface area contributed by atoms with Crippen molar-refractivity contribution in [3.63, 3.8) is 0 Å². The Labute approximate surface area is 167 Å². The van der Waals surface area contributed by atoms with E-state index in [1.54, 1.807) is 0 Å². The summed E-state index contributed by atoms with van der Waals surface area (Å²) >= 11 is 5.52. The van der Waals surface area contributed by atoms with Crippen molar-refractivity contribution >= 4 is 23.0 Å². The molecule has 0 fully saturated rings. The lowest BCUT2D eigenvalue weighted by molar-refractivity contribution is 0.694. The zero-order valence-electron chi connectivity index (χ0n) is 15.9. The van der Waals surface area contributed by atoms with Crippen LogP contribution in [0, 0.1) is 13.8 Å². The second kappa shape index (κ2) is 9.33. The third-order valence-corrected chi connectivity index (χ3v) is 5.09. The van der Waals surface area contributed by atoms with E-state index in [1.165, 1.54) is 22.3 Å². The van der Waals surface area contributed by atoms with Gasteiger partial charge in [0.05, 0.1) is 0 Å². The summed E-state index contributed by atoms with van der Waals surface area (Å²) in [6, 6.07) is 27.6. The van der Waals surface area contributed by atoms with E-state index in [-0.39, 0.29) is 0 Å². The lowest BCUT2D eigenvalue weighted by Gasteiger charge is -2.20. The lowest BCUT2D eigenvalue weighted by Crippen LogP contribution is -2.30. The lowest BCUT2D eigenvalue weighted by atomic mass is 9.88. The Balaban J connectivity index is 1.63. The number of hydrogen-bond donors (Lipinski definition) is 2. The number of rotatable bonds is 6. The minimum atomic E-state index is 0.350. The minimum Gasteiger partial charge on any atom is -0.362 e. The highest BCUT2D eigenvalue weighted by Gasteiger charge is 2.14. The van der Waals surface area contributed by atoms with E-state index in [0.29, 0.717) is 11.0 Å². The van der Waals surface area contributed by atoms with Crippen molar-refractivity contribution in [2.75, 3.05) is 11.9 Å². The highest BCUT2D eigenvalue weighted by atomic mass is 32.1. The summed E-state index contributed by atoms with van der Waals surface area (Å²) in [5, 5.41) is 7.40. The summed E-state index contributed by atoms with van der Waals surface area (Å²) in [6.45, 7) is 5.00. The first-order chi connectivity index (χ1) is 13.1. The van der Waals surface area contributed by atoms with Crippen LogP contribution in [0.3, 0.4) is 0 Å². The van der Waals surface area contributed by atoms with Gasteiger partial charge in [0.15, 0.2) is 5.11 Å². The van der Waals surface area contributed by atoms with Gasteiger partial charge in [0.2, 0.25) is 0 Å². The monoisotopic (exact) mass is 374 g/mol. The van der Waals surface area contributed by atoms with E-state index in [1.807, 2.05) is 0 Å². The SMILES string of the molecule is Cc1cccc(C)c1NC(=S)NCCC(c1ccccc1)c1ccccc1. The van der Waals surface area contributed by atoms with Crippen molar-refractivity contribution in [3.05, 3.63) is 101 Å². The van der Waals surface area contributed by atoms with Gasteiger partial charge in [-0.25, -0.2) is 0 Å². The molecule has 2 N–H and O–H groups in total. The van der Waals surface area contributed by atoms with E-state index in [2.05, 4.69) is 103 Å². The van der Waals surface area contributed by atoms with Crippen LogP contribution in [-0.2, 0) is 0 Å². The van der Waals surface area contributed by atoms with E-state index in [4.69, 9.17) is 12.2 Å². The number of nitrogens with one attached hydrogen (secondary N) is 2. The first-order valence-corrected chi connectivity index (χ1v) is 9.77. The van der Waals surface area contributed by atoms with Gasteiger partial charge >= 0.3 is 0 Å². The molecule has 0 aromatic heterocycles. The van der Waals surface area contributed by atoms with Gasteiger partial charge in [-0.3, -0.25) is 0 Å². The maximum absolute atomic E-state index is 5.52. The van der Waals surface area contributed by atoms with Gasteiger partial charge in [0.25, 0.3) is 0 Å². The van der Waals surface area contributed by atoms with Gasteiger partial charge in [-0.15, -0.1) is 0 Å². The molecule has 0 saturated heterocycles. The fraction of sp³-hybridized carbons (Fsp3) is 0.208. The van der Waals surface area contributed by atoms with E-state index in [9.17, 15) is 0 Å². The van der Waals surface area contributed by atoms with Crippen LogP contribution in [0.25, 0.3) is 0 Å². The van der Waals surface area contributed by atoms with Crippen molar-refractivity contribution in [1.29, 1.82) is 0 Å². The van der Waals surface area contributed by atoms with Crippen LogP contribution in [0.1, 0.15) is 34.6 Å². The summed E-state index contributed by atoms with van der Waals surface area (Å²) < 4.78 is 0. The van der Waals surface area contributed by atoms with Gasteiger partial charge in [0, 0.05) is 18.2 Å². The molecular weight excluding hydrogens is 348 g/mol. The largest absolute Gasteiger partial charge is 0.362 e. The number of aryl methyl sites for hydroxylation is 2. The minimum absolute atomic E-state index is 0.350. The summed E-state index contributed by atoms with van der Waals surface area (Å²) in [5.74, 6) is 0.350. The van der Waals surface area contributed by atoms with Crippen LogP contribution in [0.15, 0.2) is 78.9 Å². The van der Waals surface area contributed by atoms with Crippen molar-refractivity contribution in [3.8, 4) is 0 Å². The highest BCUT2D eigenvalue weighted by Crippen LogP contribution is 2.27. The average molecular weight is 375 g/mol. The molecular formula is C24H26N2S. The van der Waals surface area contributed by atoms with Crippen LogP contribution in [0.4, 0.5) is 5.69 Å². The Morgan fingerprint density at radius 2 is 1.30 bits per heavy atom. The molecule has 0 bridgehead atoms. The molecule has 3 aromatic carbocycles. The zero-order valence-corrected chi connectivity index (χ0v) is 16.7. The molecule has 0 radical (unpaired) electrons. The van der Waals surface area contributed by atoms with Gasteiger partial charge in [0.1, 0.15) is 0 Å². The van der Waals surface area contributed by atoms with E-state index >= 15 is 0 Å². The van der Waals surface area contributed by atoms with Crippen LogP contribution in [0.5, 0.6) is 0 Å². The zero-order chi connectivity index (χ0) is 19.1. The summed E-state index contributed by atoms with van der Waals surface area (Å²) in [5.41, 5.74) is 6.16. The first kappa shape index (κ1) is 19.1. The summed E-state index contributed by atoms with van der Waals surface area (Å²) in [4.78, 5) is 0. The fourth-order valence-electron chi connectivity index (χ4n) is 3.40. The topological polar surface area (TPSA) is 24.1 Å². The standard InChI is InChI=1S/C24H26N2S/c1-18-10-9-11-19(2)23(18)26-24(27)25-17-16-22(20-12-5-3-6-13-20)21-14-7-4-8-15-21/h3-15,22H,16-17H2,1-2H3,(H2,25,26,27). The molecule has 0 saturated carbocycles. The van der Waals surface area contributed by atoms with Crippen LogP contribution >= 0.6 is 12.2 Å². The van der Waals surface area contributed by atoms with Crippen LogP contribution in [-0.4, -0.2) is 11.7 Å². The number of anilines is 1. The molecule has 27 heavy (non-hydrogen) atoms. The fourth-order valence-corrected chi connectivity index (χ4v) is 3.60. The molecule has 0 aliphatic carbocycles. The van der Waals surface area contributed by atoms with Crippen molar-refractivity contribution in [1.82, 2.24) is 5.32 Å². The van der Waals surface area contributed by atoms with Crippen molar-refractivity contribution in [2.24, 2.45) is 0 Å². The molecule has 3 aromatic rings. The molecule has 138 valence electrons. The van der Waals surface area contributed by atoms with Gasteiger partial charge in [-0.05, 0) is 54.7 Å². The van der Waals surface area contributed by atoms with E-state index in [0.717, 1.165) is 18.7 Å². The van der Waals surface area contributed by atoms with Gasteiger partial charge in [-0.2, -0.15) is 0 Å². The predicted molar refractivity (Wildman–Crippen MR) is 119 cm³/mol. The maximum Gasteiger partial charge on any atom is 0.170 e. The summed E-state index contributed by atoms with van der Waals surface area (Å²) in [7, 11) is 0. The maximum atomic E-state index is 5.52. The molecule has 2 nitrogen and oxygen atoms in total. The highest BCUT2D eigenvalue weighted by molar-refractivity contribution is 7.80. The Hall–Kier alpha value is -2.65. The predicted octanol–water partition coefficient (Wildman–Crippen LogP) is 5.81. The Kier molecular flexibility index (Phi) is 6.61. The first-order valence-electron chi connectivity index (χ1n) is 9.36. The Morgan fingerprint density at radius 1 is 0.778 bits per heavy atom. The molecule has 0 amide bonds. The molecule has 0 unspecified atom stereocenters. The van der Waals surface area contributed by atoms with Gasteiger partial charge < -0.3 is 10.6 Å². The second-order valence-corrected chi connectivity index (χ2v) is 7.22. The second-order valence-electron chi connectivity index (χ2n) is 6.81. The van der Waals surface area contributed by atoms with Crippen LogP contribution in [0.2, 0.25) is 0 Å². The molecule has 0 atom stereocenters. The number of hydrogen-bond acceptors (Lipinski definition) is 1. The van der Waals surface area contributed by atoms with Gasteiger partial charge in [-0.1, -0.05) is 78.9 Å². The third-order valence-electron chi connectivity index (χ3n) is 4.84. The Bertz CT molecular complexity index is 816. The smallest absolute Gasteiger partial charge is 0.170 e. The number of benzene rings is 3. The molecule has 3 heteroatoms. The third kappa shape index (κ3) is 5.18. The average Bonchev–Trinajstić information content (AvgIpc) is 2.69. The Morgan fingerprint density at radius 3 is 1.81 bits per heavy atom. The number of para-hydroxylation sites is 1. The normalized spacial score (nSPS) is 10.6. The molecule has 3 rings (SSSR count).